The van der Waals surface area contributed by atoms with Crippen LogP contribution in [-0.2, 0) is 4.79 Å². The van der Waals surface area contributed by atoms with Gasteiger partial charge in [0.25, 0.3) is 5.91 Å². The molecule has 0 spiro atoms. The summed E-state index contributed by atoms with van der Waals surface area (Å²) in [6.45, 7) is 3.65. The first kappa shape index (κ1) is 20.0. The van der Waals surface area contributed by atoms with Gasteiger partial charge in [0.1, 0.15) is 6.54 Å². The second kappa shape index (κ2) is 10.6. The number of hydrogen-bond acceptors (Lipinski definition) is 3. The molecule has 1 aromatic rings. The summed E-state index contributed by atoms with van der Waals surface area (Å²) in [5.74, 6) is 0.336. The van der Waals surface area contributed by atoms with Crippen LogP contribution < -0.4 is 16.0 Å². The van der Waals surface area contributed by atoms with Crippen molar-refractivity contribution in [3.05, 3.63) is 34.3 Å². The van der Waals surface area contributed by atoms with Crippen molar-refractivity contribution in [2.45, 2.75) is 6.92 Å². The standard InChI is InChI=1S/C16H24BrN5O2/c1-4-18-16(21-11-14(23)22(2)3)20-9-8-19-15(24)12-6-5-7-13(17)10-12/h5-7,10H,4,8-9,11H2,1-3H3,(H,19,24)(H2,18,20,21). The van der Waals surface area contributed by atoms with Crippen LogP contribution in [0.2, 0.25) is 0 Å². The van der Waals surface area contributed by atoms with Crippen LogP contribution in [0.1, 0.15) is 17.3 Å². The van der Waals surface area contributed by atoms with Crippen LogP contribution in [0.5, 0.6) is 0 Å². The van der Waals surface area contributed by atoms with E-state index in [9.17, 15) is 9.59 Å². The zero-order valence-corrected chi connectivity index (χ0v) is 15.8. The van der Waals surface area contributed by atoms with Gasteiger partial charge < -0.3 is 20.9 Å². The third kappa shape index (κ3) is 7.45. The van der Waals surface area contributed by atoms with Gasteiger partial charge in [-0.1, -0.05) is 22.0 Å². The maximum absolute atomic E-state index is 12.0. The van der Waals surface area contributed by atoms with Crippen LogP contribution in [0, 0.1) is 0 Å². The molecular formula is C16H24BrN5O2. The summed E-state index contributed by atoms with van der Waals surface area (Å²) in [5.41, 5.74) is 0.599. The minimum atomic E-state index is -0.136. The molecule has 0 aliphatic carbocycles. The molecule has 0 saturated carbocycles. The number of halogens is 1. The molecule has 0 saturated heterocycles. The van der Waals surface area contributed by atoms with Gasteiger partial charge in [-0.25, -0.2) is 4.99 Å². The van der Waals surface area contributed by atoms with E-state index < -0.39 is 0 Å². The Labute approximate surface area is 151 Å². The van der Waals surface area contributed by atoms with E-state index in [2.05, 4.69) is 36.9 Å². The Balaban J connectivity index is 2.41. The van der Waals surface area contributed by atoms with Crippen molar-refractivity contribution in [2.75, 3.05) is 40.3 Å². The molecule has 3 N–H and O–H groups in total. The molecule has 0 radical (unpaired) electrons. The lowest BCUT2D eigenvalue weighted by Crippen LogP contribution is -2.42. The van der Waals surface area contributed by atoms with Crippen LogP contribution in [0.4, 0.5) is 0 Å². The van der Waals surface area contributed by atoms with Crippen molar-refractivity contribution in [1.82, 2.24) is 20.9 Å². The first-order valence-corrected chi connectivity index (χ1v) is 8.49. The summed E-state index contributed by atoms with van der Waals surface area (Å²) in [5, 5.41) is 8.96. The number of carbonyl (C=O) groups excluding carboxylic acids is 2. The summed E-state index contributed by atoms with van der Waals surface area (Å²) < 4.78 is 0.861. The fraction of sp³-hybridized carbons (Fsp3) is 0.438. The van der Waals surface area contributed by atoms with Gasteiger partial charge in [-0.3, -0.25) is 9.59 Å². The highest BCUT2D eigenvalue weighted by atomic mass is 79.9. The van der Waals surface area contributed by atoms with E-state index in [1.165, 1.54) is 4.90 Å². The smallest absolute Gasteiger partial charge is 0.251 e. The van der Waals surface area contributed by atoms with Gasteiger partial charge in [0.15, 0.2) is 5.96 Å². The SMILES string of the molecule is CCNC(=NCC(=O)N(C)C)NCCNC(=O)c1cccc(Br)c1. The second-order valence-corrected chi connectivity index (χ2v) is 6.09. The zero-order valence-electron chi connectivity index (χ0n) is 14.2. The summed E-state index contributed by atoms with van der Waals surface area (Å²) in [6, 6.07) is 7.20. The monoisotopic (exact) mass is 397 g/mol. The van der Waals surface area contributed by atoms with Gasteiger partial charge in [0.2, 0.25) is 5.91 Å². The second-order valence-electron chi connectivity index (χ2n) is 5.18. The van der Waals surface area contributed by atoms with Crippen LogP contribution >= 0.6 is 15.9 Å². The molecule has 24 heavy (non-hydrogen) atoms. The van der Waals surface area contributed by atoms with Gasteiger partial charge in [-0.15, -0.1) is 0 Å². The highest BCUT2D eigenvalue weighted by Crippen LogP contribution is 2.11. The van der Waals surface area contributed by atoms with Gasteiger partial charge in [0, 0.05) is 43.8 Å². The van der Waals surface area contributed by atoms with E-state index in [4.69, 9.17) is 0 Å². The lowest BCUT2D eigenvalue weighted by molar-refractivity contribution is -0.127. The predicted molar refractivity (Wildman–Crippen MR) is 99.2 cm³/mol. The average Bonchev–Trinajstić information content (AvgIpc) is 2.55. The fourth-order valence-electron chi connectivity index (χ4n) is 1.72. The number of rotatable bonds is 7. The van der Waals surface area contributed by atoms with Gasteiger partial charge in [-0.05, 0) is 25.1 Å². The van der Waals surface area contributed by atoms with Crippen molar-refractivity contribution in [1.29, 1.82) is 0 Å². The molecule has 0 bridgehead atoms. The molecule has 0 unspecified atom stereocenters. The van der Waals surface area contributed by atoms with Gasteiger partial charge in [-0.2, -0.15) is 0 Å². The van der Waals surface area contributed by atoms with Crippen molar-refractivity contribution in [2.24, 2.45) is 4.99 Å². The largest absolute Gasteiger partial charge is 0.357 e. The van der Waals surface area contributed by atoms with Crippen molar-refractivity contribution in [3.8, 4) is 0 Å². The number of hydrogen-bond donors (Lipinski definition) is 3. The highest BCUT2D eigenvalue weighted by Gasteiger charge is 2.06. The number of amides is 2. The van der Waals surface area contributed by atoms with Crippen molar-refractivity contribution in [3.63, 3.8) is 0 Å². The molecule has 0 atom stereocenters. The molecule has 0 aliphatic heterocycles. The van der Waals surface area contributed by atoms with Crippen LogP contribution in [0.15, 0.2) is 33.7 Å². The third-order valence-corrected chi connectivity index (χ3v) is 3.50. The summed E-state index contributed by atoms with van der Waals surface area (Å²) in [4.78, 5) is 29.3. The number of nitrogens with zero attached hydrogens (tertiary/aromatic N) is 2. The molecule has 0 aromatic heterocycles. The molecule has 0 aliphatic rings. The van der Waals surface area contributed by atoms with Crippen molar-refractivity contribution < 1.29 is 9.59 Å². The van der Waals surface area contributed by atoms with E-state index in [-0.39, 0.29) is 18.4 Å². The Morgan fingerprint density at radius 2 is 1.88 bits per heavy atom. The number of aliphatic imine (C=N–C) groups is 1. The highest BCUT2D eigenvalue weighted by molar-refractivity contribution is 9.10. The first-order valence-electron chi connectivity index (χ1n) is 7.70. The van der Waals surface area contributed by atoms with Gasteiger partial charge >= 0.3 is 0 Å². The summed E-state index contributed by atoms with van der Waals surface area (Å²) in [6.07, 6.45) is 0. The van der Waals surface area contributed by atoms with Crippen LogP contribution in [0.25, 0.3) is 0 Å². The molecule has 7 nitrogen and oxygen atoms in total. The Morgan fingerprint density at radius 1 is 1.17 bits per heavy atom. The normalized spacial score (nSPS) is 10.9. The van der Waals surface area contributed by atoms with E-state index in [0.29, 0.717) is 31.2 Å². The molecule has 1 aromatic carbocycles. The molecule has 2 amide bonds. The summed E-state index contributed by atoms with van der Waals surface area (Å²) in [7, 11) is 3.38. The van der Waals surface area contributed by atoms with Gasteiger partial charge in [0.05, 0.1) is 0 Å². The lowest BCUT2D eigenvalue weighted by Gasteiger charge is -2.13. The molecule has 0 fully saturated rings. The van der Waals surface area contributed by atoms with E-state index >= 15 is 0 Å². The molecule has 1 rings (SSSR count). The zero-order chi connectivity index (χ0) is 17.9. The number of benzene rings is 1. The van der Waals surface area contributed by atoms with Crippen LogP contribution in [-0.4, -0.2) is 62.9 Å². The molecule has 0 heterocycles. The summed E-state index contributed by atoms with van der Waals surface area (Å²) >= 11 is 3.34. The first-order chi connectivity index (χ1) is 11.4. The predicted octanol–water partition coefficient (Wildman–Crippen LogP) is 0.822. The van der Waals surface area contributed by atoms with E-state index in [0.717, 1.165) is 4.47 Å². The van der Waals surface area contributed by atoms with E-state index in [1.54, 1.807) is 26.2 Å². The molecule has 8 heteroatoms. The minimum absolute atomic E-state index is 0.0739. The van der Waals surface area contributed by atoms with E-state index in [1.807, 2.05) is 19.1 Å². The minimum Gasteiger partial charge on any atom is -0.357 e. The van der Waals surface area contributed by atoms with Crippen LogP contribution in [0.3, 0.4) is 0 Å². The number of nitrogens with one attached hydrogen (secondary N) is 3. The average molecular weight is 398 g/mol. The topological polar surface area (TPSA) is 85.8 Å². The number of guanidine groups is 1. The Hall–Kier alpha value is -2.09. The number of carbonyl (C=O) groups is 2. The number of likely N-dealkylation sites (N-methyl/N-ethyl adjacent to an activating group) is 1. The quantitative estimate of drug-likeness (QED) is 0.361. The van der Waals surface area contributed by atoms with Crippen molar-refractivity contribution >= 4 is 33.7 Å². The Kier molecular flexibility index (Phi) is 8.85. The maximum Gasteiger partial charge on any atom is 0.251 e. The molecular weight excluding hydrogens is 374 g/mol. The Bertz CT molecular complexity index is 590. The maximum atomic E-state index is 12.0. The fourth-order valence-corrected chi connectivity index (χ4v) is 2.12. The Morgan fingerprint density at radius 3 is 2.50 bits per heavy atom. The lowest BCUT2D eigenvalue weighted by atomic mass is 10.2. The molecule has 132 valence electrons. The third-order valence-electron chi connectivity index (χ3n) is 3.01.